The van der Waals surface area contributed by atoms with Gasteiger partial charge in [0, 0.05) is 30.2 Å². The minimum absolute atomic E-state index is 0.710. The van der Waals surface area contributed by atoms with Gasteiger partial charge >= 0.3 is 0 Å². The highest BCUT2D eigenvalue weighted by Crippen LogP contribution is 2.08. The molecule has 0 spiro atoms. The summed E-state index contributed by atoms with van der Waals surface area (Å²) in [5.74, 6) is 1.70. The van der Waals surface area contributed by atoms with E-state index in [2.05, 4.69) is 21.9 Å². The van der Waals surface area contributed by atoms with Crippen molar-refractivity contribution in [1.29, 1.82) is 0 Å². The molecule has 0 radical (unpaired) electrons. The van der Waals surface area contributed by atoms with Gasteiger partial charge in [-0.2, -0.15) is 0 Å². The summed E-state index contributed by atoms with van der Waals surface area (Å²) in [7, 11) is 0. The summed E-state index contributed by atoms with van der Waals surface area (Å²) in [6, 6.07) is 1.96. The maximum atomic E-state index is 4.40. The summed E-state index contributed by atoms with van der Waals surface area (Å²) in [4.78, 5) is 13.0. The third-order valence-electron chi connectivity index (χ3n) is 2.22. The molecule has 0 aliphatic heterocycles. The lowest BCUT2D eigenvalue weighted by molar-refractivity contribution is 0.822. The SMILES string of the molecule is CCc1nccn1-c1nc(C)cc(C)n1. The Balaban J connectivity index is 2.53. The lowest BCUT2D eigenvalue weighted by Crippen LogP contribution is -2.06. The summed E-state index contributed by atoms with van der Waals surface area (Å²) in [5.41, 5.74) is 1.96. The molecule has 2 aromatic rings. The van der Waals surface area contributed by atoms with Gasteiger partial charge < -0.3 is 0 Å². The van der Waals surface area contributed by atoms with Crippen molar-refractivity contribution in [3.63, 3.8) is 0 Å². The second kappa shape index (κ2) is 3.81. The molecule has 0 aromatic carbocycles. The predicted molar refractivity (Wildman–Crippen MR) is 58.0 cm³/mol. The Labute approximate surface area is 89.0 Å². The van der Waals surface area contributed by atoms with Gasteiger partial charge in [0.15, 0.2) is 0 Å². The van der Waals surface area contributed by atoms with Gasteiger partial charge in [-0.3, -0.25) is 4.57 Å². The van der Waals surface area contributed by atoms with Crippen LogP contribution in [0.5, 0.6) is 0 Å². The van der Waals surface area contributed by atoms with Crippen LogP contribution in [0, 0.1) is 13.8 Å². The van der Waals surface area contributed by atoms with Crippen LogP contribution in [-0.4, -0.2) is 19.5 Å². The summed E-state index contributed by atoms with van der Waals surface area (Å²) < 4.78 is 1.93. The summed E-state index contributed by atoms with van der Waals surface area (Å²) in [5, 5.41) is 0. The van der Waals surface area contributed by atoms with Crippen LogP contribution in [0.15, 0.2) is 18.5 Å². The van der Waals surface area contributed by atoms with Crippen molar-refractivity contribution in [2.45, 2.75) is 27.2 Å². The van der Waals surface area contributed by atoms with Gasteiger partial charge in [-0.25, -0.2) is 15.0 Å². The van der Waals surface area contributed by atoms with Gasteiger partial charge in [-0.05, 0) is 19.9 Å². The molecule has 0 atom stereocenters. The largest absolute Gasteiger partial charge is 0.272 e. The fourth-order valence-corrected chi connectivity index (χ4v) is 1.59. The molecule has 0 fully saturated rings. The van der Waals surface area contributed by atoms with Crippen molar-refractivity contribution in [1.82, 2.24) is 19.5 Å². The molecule has 0 bridgehead atoms. The first kappa shape index (κ1) is 9.83. The highest BCUT2D eigenvalue weighted by molar-refractivity contribution is 5.20. The molecule has 0 unspecified atom stereocenters. The molecule has 2 aromatic heterocycles. The number of rotatable bonds is 2. The highest BCUT2D eigenvalue weighted by atomic mass is 15.2. The van der Waals surface area contributed by atoms with E-state index in [0.717, 1.165) is 23.6 Å². The molecule has 2 rings (SSSR count). The van der Waals surface area contributed by atoms with Crippen molar-refractivity contribution in [3.05, 3.63) is 35.7 Å². The average molecular weight is 202 g/mol. The van der Waals surface area contributed by atoms with Gasteiger partial charge in [0.05, 0.1) is 0 Å². The molecule has 0 aliphatic carbocycles. The topological polar surface area (TPSA) is 43.6 Å². The number of nitrogens with zero attached hydrogens (tertiary/aromatic N) is 4. The Kier molecular flexibility index (Phi) is 2.49. The predicted octanol–water partition coefficient (Wildman–Crippen LogP) is 1.84. The maximum absolute atomic E-state index is 4.40. The maximum Gasteiger partial charge on any atom is 0.235 e. The standard InChI is InChI=1S/C11H14N4/c1-4-10-12-5-6-15(10)11-13-8(2)7-9(3)14-11/h5-7H,4H2,1-3H3. The van der Waals surface area contributed by atoms with Crippen LogP contribution in [0.4, 0.5) is 0 Å². The van der Waals surface area contributed by atoms with E-state index in [1.165, 1.54) is 0 Å². The summed E-state index contributed by atoms with van der Waals surface area (Å²) in [6.07, 6.45) is 4.55. The van der Waals surface area contributed by atoms with E-state index in [1.807, 2.05) is 30.7 Å². The molecule has 0 N–H and O–H groups in total. The van der Waals surface area contributed by atoms with Gasteiger partial charge in [0.2, 0.25) is 5.95 Å². The highest BCUT2D eigenvalue weighted by Gasteiger charge is 2.06. The molecule has 2 heterocycles. The van der Waals surface area contributed by atoms with E-state index in [9.17, 15) is 0 Å². The molecule has 0 saturated heterocycles. The van der Waals surface area contributed by atoms with Crippen LogP contribution in [0.1, 0.15) is 24.1 Å². The monoisotopic (exact) mass is 202 g/mol. The molecule has 4 nitrogen and oxygen atoms in total. The van der Waals surface area contributed by atoms with E-state index < -0.39 is 0 Å². The van der Waals surface area contributed by atoms with Crippen LogP contribution >= 0.6 is 0 Å². The van der Waals surface area contributed by atoms with Gasteiger partial charge in [-0.15, -0.1) is 0 Å². The Bertz CT molecular complexity index is 453. The summed E-state index contributed by atoms with van der Waals surface area (Å²) in [6.45, 7) is 6.02. The van der Waals surface area contributed by atoms with E-state index in [1.54, 1.807) is 6.20 Å². The Morgan fingerprint density at radius 3 is 2.47 bits per heavy atom. The van der Waals surface area contributed by atoms with Crippen LogP contribution in [0.2, 0.25) is 0 Å². The third kappa shape index (κ3) is 1.88. The zero-order chi connectivity index (χ0) is 10.8. The van der Waals surface area contributed by atoms with Crippen molar-refractivity contribution in [2.75, 3.05) is 0 Å². The lowest BCUT2D eigenvalue weighted by atomic mass is 10.3. The van der Waals surface area contributed by atoms with Crippen molar-refractivity contribution in [3.8, 4) is 5.95 Å². The molecular weight excluding hydrogens is 188 g/mol. The zero-order valence-electron chi connectivity index (χ0n) is 9.23. The lowest BCUT2D eigenvalue weighted by Gasteiger charge is -2.06. The minimum Gasteiger partial charge on any atom is -0.272 e. The quantitative estimate of drug-likeness (QED) is 0.746. The van der Waals surface area contributed by atoms with Crippen molar-refractivity contribution >= 4 is 0 Å². The first-order valence-corrected chi connectivity index (χ1v) is 5.05. The molecule has 0 amide bonds. The first-order chi connectivity index (χ1) is 7.20. The molecule has 0 saturated carbocycles. The van der Waals surface area contributed by atoms with E-state index in [-0.39, 0.29) is 0 Å². The zero-order valence-corrected chi connectivity index (χ0v) is 9.23. The smallest absolute Gasteiger partial charge is 0.235 e. The molecular formula is C11H14N4. The number of hydrogen-bond acceptors (Lipinski definition) is 3. The molecule has 15 heavy (non-hydrogen) atoms. The Hall–Kier alpha value is -1.71. The number of aromatic nitrogens is 4. The van der Waals surface area contributed by atoms with Crippen LogP contribution in [0.25, 0.3) is 5.95 Å². The fourth-order valence-electron chi connectivity index (χ4n) is 1.59. The second-order valence-electron chi connectivity index (χ2n) is 3.52. The van der Waals surface area contributed by atoms with Gasteiger partial charge in [0.25, 0.3) is 0 Å². The number of hydrogen-bond donors (Lipinski definition) is 0. The minimum atomic E-state index is 0.710. The first-order valence-electron chi connectivity index (χ1n) is 5.05. The van der Waals surface area contributed by atoms with Crippen molar-refractivity contribution in [2.24, 2.45) is 0 Å². The van der Waals surface area contributed by atoms with E-state index in [4.69, 9.17) is 0 Å². The molecule has 0 aliphatic rings. The van der Waals surface area contributed by atoms with Crippen LogP contribution < -0.4 is 0 Å². The van der Waals surface area contributed by atoms with Gasteiger partial charge in [0.1, 0.15) is 5.82 Å². The van der Waals surface area contributed by atoms with E-state index >= 15 is 0 Å². The molecule has 4 heteroatoms. The van der Waals surface area contributed by atoms with Gasteiger partial charge in [-0.1, -0.05) is 6.92 Å². The normalized spacial score (nSPS) is 10.6. The van der Waals surface area contributed by atoms with Crippen LogP contribution in [-0.2, 0) is 6.42 Å². The third-order valence-corrected chi connectivity index (χ3v) is 2.22. The summed E-state index contributed by atoms with van der Waals surface area (Å²) >= 11 is 0. The Morgan fingerprint density at radius 1 is 1.20 bits per heavy atom. The van der Waals surface area contributed by atoms with Crippen molar-refractivity contribution < 1.29 is 0 Å². The fraction of sp³-hybridized carbons (Fsp3) is 0.364. The second-order valence-corrected chi connectivity index (χ2v) is 3.52. The van der Waals surface area contributed by atoms with Crippen LogP contribution in [0.3, 0.4) is 0 Å². The Morgan fingerprint density at radius 2 is 1.87 bits per heavy atom. The number of imidazole rings is 1. The number of aryl methyl sites for hydroxylation is 3. The average Bonchev–Trinajstić information content (AvgIpc) is 2.63. The van der Waals surface area contributed by atoms with E-state index in [0.29, 0.717) is 5.95 Å². The molecule has 78 valence electrons.